The maximum Gasteiger partial charge on any atom is 0.189 e. The van der Waals surface area contributed by atoms with Gasteiger partial charge in [0.05, 0.1) is 11.2 Å². The molecule has 0 fully saturated rings. The van der Waals surface area contributed by atoms with Gasteiger partial charge in [0.25, 0.3) is 0 Å². The number of hydrogen-bond donors (Lipinski definition) is 2. The Kier molecular flexibility index (Phi) is 4.89. The fourth-order valence-corrected chi connectivity index (χ4v) is 5.28. The third kappa shape index (κ3) is 3.31. The summed E-state index contributed by atoms with van der Waals surface area (Å²) in [6.07, 6.45) is 6.45. The molecule has 0 bridgehead atoms. The highest BCUT2D eigenvalue weighted by molar-refractivity contribution is 5.98. The summed E-state index contributed by atoms with van der Waals surface area (Å²) in [5, 5.41) is 18.0. The third-order valence-corrected chi connectivity index (χ3v) is 7.19. The Labute approximate surface area is 208 Å². The third-order valence-electron chi connectivity index (χ3n) is 7.19. The number of H-pyrrole nitrogens is 1. The molecule has 4 heterocycles. The monoisotopic (exact) mass is 471 g/mol. The number of hydrogen-bond acceptors (Lipinski definition) is 5. The molecule has 0 saturated carbocycles. The Morgan fingerprint density at radius 3 is 2.53 bits per heavy atom. The van der Waals surface area contributed by atoms with Crippen LogP contribution in [0.4, 0.5) is 0 Å². The zero-order valence-corrected chi connectivity index (χ0v) is 19.8. The first-order valence-corrected chi connectivity index (χ1v) is 12.4. The summed E-state index contributed by atoms with van der Waals surface area (Å²) in [6, 6.07) is 22.9. The van der Waals surface area contributed by atoms with E-state index >= 15 is 0 Å². The van der Waals surface area contributed by atoms with Crippen LogP contribution >= 0.6 is 0 Å². The van der Waals surface area contributed by atoms with Gasteiger partial charge in [0, 0.05) is 40.5 Å². The van der Waals surface area contributed by atoms with Crippen molar-refractivity contribution >= 4 is 16.6 Å². The molecule has 0 spiro atoms. The van der Waals surface area contributed by atoms with Gasteiger partial charge in [-0.05, 0) is 48.9 Å². The van der Waals surface area contributed by atoms with Crippen molar-refractivity contribution in [3.05, 3.63) is 89.7 Å². The molecule has 0 aliphatic heterocycles. The number of benzene rings is 2. The second-order valence-electron chi connectivity index (χ2n) is 9.35. The molecule has 1 aliphatic rings. The number of pyridine rings is 2. The summed E-state index contributed by atoms with van der Waals surface area (Å²) in [6.45, 7) is 0.517. The molecule has 2 aromatic carbocycles. The first kappa shape index (κ1) is 21.0. The van der Waals surface area contributed by atoms with Gasteiger partial charge in [-0.2, -0.15) is 5.10 Å². The standard InChI is InChI=1S/C29H25N7/c30-17-18-10-12-20(13-11-18)26-22(19-6-2-1-3-7-19)16-23-24(31-26)14-15-36-28(23)34-35-29(36)27-21-8-4-5-9-25(21)32-33-27/h1-3,6-7,10-16H,4-5,8-9,17,30H2,(H,32,33). The van der Waals surface area contributed by atoms with E-state index in [0.717, 1.165) is 68.9 Å². The van der Waals surface area contributed by atoms with Crippen molar-refractivity contribution in [3.8, 4) is 33.9 Å². The van der Waals surface area contributed by atoms with Gasteiger partial charge < -0.3 is 5.73 Å². The summed E-state index contributed by atoms with van der Waals surface area (Å²) in [4.78, 5) is 5.14. The van der Waals surface area contributed by atoms with Crippen LogP contribution in [0.5, 0.6) is 0 Å². The molecule has 3 N–H and O–H groups in total. The lowest BCUT2D eigenvalue weighted by Crippen LogP contribution is -2.02. The van der Waals surface area contributed by atoms with Crippen LogP contribution in [-0.2, 0) is 19.4 Å². The summed E-state index contributed by atoms with van der Waals surface area (Å²) in [7, 11) is 0. The number of fused-ring (bicyclic) bond motifs is 4. The molecule has 0 atom stereocenters. The lowest BCUT2D eigenvalue weighted by atomic mass is 9.96. The van der Waals surface area contributed by atoms with Crippen LogP contribution in [0.3, 0.4) is 0 Å². The van der Waals surface area contributed by atoms with Crippen molar-refractivity contribution in [1.82, 2.24) is 29.8 Å². The molecule has 0 unspecified atom stereocenters. The molecule has 1 aliphatic carbocycles. The number of rotatable bonds is 4. The second kappa shape index (κ2) is 8.39. The van der Waals surface area contributed by atoms with Gasteiger partial charge in [-0.25, -0.2) is 4.98 Å². The van der Waals surface area contributed by atoms with Crippen LogP contribution in [0.1, 0.15) is 29.7 Å². The molecule has 0 amide bonds. The number of aromatic amines is 1. The van der Waals surface area contributed by atoms with Gasteiger partial charge in [-0.15, -0.1) is 10.2 Å². The van der Waals surface area contributed by atoms with Gasteiger partial charge in [0.15, 0.2) is 11.5 Å². The zero-order valence-electron chi connectivity index (χ0n) is 19.8. The molecule has 176 valence electrons. The molecule has 7 rings (SSSR count). The quantitative estimate of drug-likeness (QED) is 0.362. The molecular formula is C29H25N7. The van der Waals surface area contributed by atoms with E-state index in [9.17, 15) is 0 Å². The molecule has 36 heavy (non-hydrogen) atoms. The fourth-order valence-electron chi connectivity index (χ4n) is 5.28. The van der Waals surface area contributed by atoms with Crippen molar-refractivity contribution in [1.29, 1.82) is 0 Å². The highest BCUT2D eigenvalue weighted by Crippen LogP contribution is 2.36. The van der Waals surface area contributed by atoms with E-state index in [2.05, 4.69) is 75.0 Å². The summed E-state index contributed by atoms with van der Waals surface area (Å²) in [5.74, 6) is 0.772. The smallest absolute Gasteiger partial charge is 0.189 e. The topological polar surface area (TPSA) is 97.8 Å². The highest BCUT2D eigenvalue weighted by atomic mass is 15.3. The molecule has 0 radical (unpaired) electrons. The van der Waals surface area contributed by atoms with Gasteiger partial charge in [-0.3, -0.25) is 9.50 Å². The minimum absolute atomic E-state index is 0.517. The minimum Gasteiger partial charge on any atom is -0.326 e. The van der Waals surface area contributed by atoms with Crippen molar-refractivity contribution < 1.29 is 0 Å². The fraction of sp³-hybridized carbons (Fsp3) is 0.172. The predicted molar refractivity (Wildman–Crippen MR) is 141 cm³/mol. The summed E-state index contributed by atoms with van der Waals surface area (Å²) in [5.41, 5.74) is 16.1. The first-order chi connectivity index (χ1) is 17.8. The molecule has 7 heteroatoms. The van der Waals surface area contributed by atoms with E-state index in [0.29, 0.717) is 6.54 Å². The van der Waals surface area contributed by atoms with Crippen molar-refractivity contribution in [2.75, 3.05) is 0 Å². The molecular weight excluding hydrogens is 446 g/mol. The Balaban J connectivity index is 1.45. The molecule has 0 saturated heterocycles. The van der Waals surface area contributed by atoms with Gasteiger partial charge >= 0.3 is 0 Å². The Morgan fingerprint density at radius 2 is 1.69 bits per heavy atom. The summed E-state index contributed by atoms with van der Waals surface area (Å²) >= 11 is 0. The number of nitrogens with one attached hydrogen (secondary N) is 1. The van der Waals surface area contributed by atoms with E-state index in [1.807, 2.05) is 22.7 Å². The number of aromatic nitrogens is 6. The highest BCUT2D eigenvalue weighted by Gasteiger charge is 2.23. The molecule has 7 nitrogen and oxygen atoms in total. The second-order valence-corrected chi connectivity index (χ2v) is 9.35. The van der Waals surface area contributed by atoms with E-state index in [1.54, 1.807) is 0 Å². The molecule has 4 aromatic heterocycles. The normalized spacial score (nSPS) is 13.4. The average Bonchev–Trinajstić information content (AvgIpc) is 3.57. The van der Waals surface area contributed by atoms with Crippen LogP contribution in [0.15, 0.2) is 72.9 Å². The van der Waals surface area contributed by atoms with Crippen LogP contribution < -0.4 is 5.73 Å². The van der Waals surface area contributed by atoms with Gasteiger partial charge in [0.2, 0.25) is 0 Å². The van der Waals surface area contributed by atoms with Crippen molar-refractivity contribution in [3.63, 3.8) is 0 Å². The van der Waals surface area contributed by atoms with Crippen molar-refractivity contribution in [2.45, 2.75) is 32.2 Å². The number of aryl methyl sites for hydroxylation is 1. The Hall–Kier alpha value is -4.36. The Morgan fingerprint density at radius 1 is 0.861 bits per heavy atom. The van der Waals surface area contributed by atoms with E-state index in [4.69, 9.17) is 10.7 Å². The van der Waals surface area contributed by atoms with Gasteiger partial charge in [-0.1, -0.05) is 54.6 Å². The lowest BCUT2D eigenvalue weighted by Gasteiger charge is -2.13. The first-order valence-electron chi connectivity index (χ1n) is 12.4. The van der Waals surface area contributed by atoms with Gasteiger partial charge in [0.1, 0.15) is 5.69 Å². The lowest BCUT2D eigenvalue weighted by molar-refractivity contribution is 0.675. The van der Waals surface area contributed by atoms with Crippen LogP contribution in [0.2, 0.25) is 0 Å². The number of nitrogens with two attached hydrogens (primary N) is 1. The van der Waals surface area contributed by atoms with Crippen molar-refractivity contribution in [2.24, 2.45) is 5.73 Å². The maximum atomic E-state index is 5.82. The van der Waals surface area contributed by atoms with E-state index in [1.165, 1.54) is 24.1 Å². The molecule has 6 aromatic rings. The van der Waals surface area contributed by atoms with E-state index in [-0.39, 0.29) is 0 Å². The van der Waals surface area contributed by atoms with Crippen LogP contribution in [0, 0.1) is 0 Å². The Bertz CT molecular complexity index is 1710. The zero-order chi connectivity index (χ0) is 24.1. The largest absolute Gasteiger partial charge is 0.326 e. The predicted octanol–water partition coefficient (Wildman–Crippen LogP) is 5.34. The van der Waals surface area contributed by atoms with Crippen LogP contribution in [-0.4, -0.2) is 29.8 Å². The SMILES string of the molecule is NCc1ccc(-c2nc3ccn4c(-c5n[nH]c6c5CCCC6)nnc4c3cc2-c2ccccc2)cc1. The summed E-state index contributed by atoms with van der Waals surface area (Å²) < 4.78 is 2.04. The minimum atomic E-state index is 0.517. The van der Waals surface area contributed by atoms with Crippen LogP contribution in [0.25, 0.3) is 50.5 Å². The number of nitrogens with zero attached hydrogens (tertiary/aromatic N) is 5. The average molecular weight is 472 g/mol. The maximum absolute atomic E-state index is 5.82. The van der Waals surface area contributed by atoms with E-state index < -0.39 is 0 Å².